The van der Waals surface area contributed by atoms with Gasteiger partial charge in [-0.25, -0.2) is 8.78 Å². The third-order valence-corrected chi connectivity index (χ3v) is 4.19. The predicted octanol–water partition coefficient (Wildman–Crippen LogP) is 4.41. The van der Waals surface area contributed by atoms with Crippen LogP contribution < -0.4 is 0 Å². The van der Waals surface area contributed by atoms with Gasteiger partial charge in [-0.1, -0.05) is 25.1 Å². The summed E-state index contributed by atoms with van der Waals surface area (Å²) in [6, 6.07) is 6.29. The Labute approximate surface area is 128 Å². The minimum Gasteiger partial charge on any atom is -0.361 e. The summed E-state index contributed by atoms with van der Waals surface area (Å²) < 4.78 is 31.8. The molecule has 3 nitrogen and oxygen atoms in total. The zero-order chi connectivity index (χ0) is 15.7. The highest BCUT2D eigenvalue weighted by Crippen LogP contribution is 2.33. The first-order valence-electron chi connectivity index (χ1n) is 7.69. The van der Waals surface area contributed by atoms with E-state index in [2.05, 4.69) is 23.9 Å². The van der Waals surface area contributed by atoms with E-state index < -0.39 is 11.6 Å². The molecule has 118 valence electrons. The largest absolute Gasteiger partial charge is 0.361 e. The Balaban J connectivity index is 1.76. The lowest BCUT2D eigenvalue weighted by Crippen LogP contribution is -2.23. The molecule has 5 heteroatoms. The normalized spacial score (nSPS) is 19.2. The van der Waals surface area contributed by atoms with Crippen molar-refractivity contribution in [3.8, 4) is 0 Å². The molecule has 0 aliphatic carbocycles. The molecule has 0 bridgehead atoms. The van der Waals surface area contributed by atoms with E-state index in [9.17, 15) is 8.78 Å². The third-order valence-electron chi connectivity index (χ3n) is 4.19. The van der Waals surface area contributed by atoms with Gasteiger partial charge in [-0.05, 0) is 37.1 Å². The second-order valence-corrected chi connectivity index (χ2v) is 6.19. The average molecular weight is 306 g/mol. The number of likely N-dealkylation sites (tertiary alicyclic amines) is 1. The van der Waals surface area contributed by atoms with E-state index in [1.807, 2.05) is 6.07 Å². The molecule has 0 N–H and O–H groups in total. The van der Waals surface area contributed by atoms with E-state index in [4.69, 9.17) is 4.52 Å². The Hall–Kier alpha value is -1.75. The maximum atomic E-state index is 13.3. The molecule has 0 amide bonds. The monoisotopic (exact) mass is 306 g/mol. The van der Waals surface area contributed by atoms with Crippen molar-refractivity contribution < 1.29 is 13.3 Å². The Kier molecular flexibility index (Phi) is 4.25. The summed E-state index contributed by atoms with van der Waals surface area (Å²) in [5, 5.41) is 4.19. The average Bonchev–Trinajstić information content (AvgIpc) is 3.11. The van der Waals surface area contributed by atoms with Gasteiger partial charge in [-0.15, -0.1) is 0 Å². The fourth-order valence-electron chi connectivity index (χ4n) is 2.96. The highest BCUT2D eigenvalue weighted by Gasteiger charge is 2.29. The van der Waals surface area contributed by atoms with Crippen LogP contribution in [-0.4, -0.2) is 16.6 Å². The molecule has 22 heavy (non-hydrogen) atoms. The summed E-state index contributed by atoms with van der Waals surface area (Å²) in [5.74, 6) is -0.409. The highest BCUT2D eigenvalue weighted by atomic mass is 19.2. The lowest BCUT2D eigenvalue weighted by molar-refractivity contribution is 0.235. The first-order valence-corrected chi connectivity index (χ1v) is 7.69. The fourth-order valence-corrected chi connectivity index (χ4v) is 2.96. The van der Waals surface area contributed by atoms with Crippen LogP contribution in [0.15, 0.2) is 28.8 Å². The molecular formula is C17H20F2N2O. The maximum absolute atomic E-state index is 13.3. The highest BCUT2D eigenvalue weighted by molar-refractivity contribution is 5.19. The number of halogens is 2. The van der Waals surface area contributed by atoms with Gasteiger partial charge in [0.05, 0.1) is 6.04 Å². The molecule has 1 atom stereocenters. The van der Waals surface area contributed by atoms with Gasteiger partial charge < -0.3 is 4.52 Å². The molecule has 0 spiro atoms. The van der Waals surface area contributed by atoms with Crippen molar-refractivity contribution in [2.45, 2.75) is 45.2 Å². The van der Waals surface area contributed by atoms with Crippen molar-refractivity contribution in [2.75, 3.05) is 6.54 Å². The van der Waals surface area contributed by atoms with Gasteiger partial charge in [-0.2, -0.15) is 0 Å². The molecular weight excluding hydrogens is 286 g/mol. The zero-order valence-corrected chi connectivity index (χ0v) is 12.9. The Bertz CT molecular complexity index is 654. The standard InChI is InChI=1S/C17H20F2N2O/c1-11(2)17-9-15(20-22-17)16-4-3-7-21(16)10-12-5-6-13(18)14(19)8-12/h5-6,8-9,11,16H,3-4,7,10H2,1-2H3. The van der Waals surface area contributed by atoms with Crippen LogP contribution in [0.25, 0.3) is 0 Å². The topological polar surface area (TPSA) is 29.3 Å². The lowest BCUT2D eigenvalue weighted by Gasteiger charge is -2.22. The van der Waals surface area contributed by atoms with Crippen LogP contribution in [0.1, 0.15) is 55.7 Å². The number of aromatic nitrogens is 1. The summed E-state index contributed by atoms with van der Waals surface area (Å²) in [4.78, 5) is 2.24. The SMILES string of the molecule is CC(C)c1cc(C2CCCN2Cc2ccc(F)c(F)c2)no1. The Morgan fingerprint density at radius 2 is 2.09 bits per heavy atom. The van der Waals surface area contributed by atoms with Crippen molar-refractivity contribution in [3.05, 3.63) is 52.9 Å². The van der Waals surface area contributed by atoms with E-state index in [-0.39, 0.29) is 6.04 Å². The van der Waals surface area contributed by atoms with Gasteiger partial charge in [0.25, 0.3) is 0 Å². The van der Waals surface area contributed by atoms with E-state index in [0.717, 1.165) is 36.4 Å². The number of hydrogen-bond acceptors (Lipinski definition) is 3. The molecule has 3 rings (SSSR count). The molecule has 1 aromatic heterocycles. The van der Waals surface area contributed by atoms with E-state index >= 15 is 0 Å². The molecule has 2 aromatic rings. The third kappa shape index (κ3) is 3.04. The van der Waals surface area contributed by atoms with Crippen molar-refractivity contribution in [1.82, 2.24) is 10.1 Å². The van der Waals surface area contributed by atoms with Gasteiger partial charge in [0.1, 0.15) is 11.5 Å². The molecule has 0 radical (unpaired) electrons. The minimum absolute atomic E-state index is 0.185. The zero-order valence-electron chi connectivity index (χ0n) is 12.9. The molecule has 0 saturated carbocycles. The van der Waals surface area contributed by atoms with E-state index in [1.54, 1.807) is 6.07 Å². The minimum atomic E-state index is -0.806. The number of hydrogen-bond donors (Lipinski definition) is 0. The Morgan fingerprint density at radius 1 is 1.27 bits per heavy atom. The van der Waals surface area contributed by atoms with Crippen LogP contribution in [0, 0.1) is 11.6 Å². The van der Waals surface area contributed by atoms with Gasteiger partial charge >= 0.3 is 0 Å². The second-order valence-electron chi connectivity index (χ2n) is 6.19. The number of rotatable bonds is 4. The lowest BCUT2D eigenvalue weighted by atomic mass is 10.1. The molecule has 2 heterocycles. The summed E-state index contributed by atoms with van der Waals surface area (Å²) in [7, 11) is 0. The van der Waals surface area contributed by atoms with Crippen LogP contribution in [0.2, 0.25) is 0 Å². The molecule has 1 fully saturated rings. The molecule has 1 saturated heterocycles. The smallest absolute Gasteiger partial charge is 0.159 e. The van der Waals surface area contributed by atoms with Crippen LogP contribution in [-0.2, 0) is 6.54 Å². The maximum Gasteiger partial charge on any atom is 0.159 e. The van der Waals surface area contributed by atoms with Crippen LogP contribution >= 0.6 is 0 Å². The molecule has 1 aliphatic heterocycles. The van der Waals surface area contributed by atoms with Gasteiger partial charge in [0.2, 0.25) is 0 Å². The van der Waals surface area contributed by atoms with E-state index in [1.165, 1.54) is 12.1 Å². The Morgan fingerprint density at radius 3 is 2.77 bits per heavy atom. The van der Waals surface area contributed by atoms with Crippen molar-refractivity contribution in [1.29, 1.82) is 0 Å². The quantitative estimate of drug-likeness (QED) is 0.837. The first kappa shape index (κ1) is 15.2. The van der Waals surface area contributed by atoms with Crippen LogP contribution in [0.3, 0.4) is 0 Å². The van der Waals surface area contributed by atoms with Gasteiger partial charge in [0, 0.05) is 18.5 Å². The summed E-state index contributed by atoms with van der Waals surface area (Å²) in [6.07, 6.45) is 2.08. The van der Waals surface area contributed by atoms with Crippen molar-refractivity contribution >= 4 is 0 Å². The summed E-state index contributed by atoms with van der Waals surface area (Å²) in [6.45, 7) is 5.65. The second kappa shape index (κ2) is 6.16. The fraction of sp³-hybridized carbons (Fsp3) is 0.471. The van der Waals surface area contributed by atoms with E-state index in [0.29, 0.717) is 12.5 Å². The van der Waals surface area contributed by atoms with Gasteiger partial charge in [-0.3, -0.25) is 4.90 Å². The van der Waals surface area contributed by atoms with Crippen LogP contribution in [0.4, 0.5) is 8.78 Å². The predicted molar refractivity (Wildman–Crippen MR) is 79.3 cm³/mol. The first-order chi connectivity index (χ1) is 10.5. The van der Waals surface area contributed by atoms with Gasteiger partial charge in [0.15, 0.2) is 11.6 Å². The number of nitrogens with zero attached hydrogens (tertiary/aromatic N) is 2. The van der Waals surface area contributed by atoms with Crippen molar-refractivity contribution in [3.63, 3.8) is 0 Å². The summed E-state index contributed by atoms with van der Waals surface area (Å²) in [5.41, 5.74) is 1.71. The van der Waals surface area contributed by atoms with Crippen LogP contribution in [0.5, 0.6) is 0 Å². The number of benzene rings is 1. The van der Waals surface area contributed by atoms with Crippen molar-refractivity contribution in [2.24, 2.45) is 0 Å². The molecule has 1 aromatic carbocycles. The molecule has 1 unspecified atom stereocenters. The summed E-state index contributed by atoms with van der Waals surface area (Å²) >= 11 is 0. The molecule has 1 aliphatic rings.